The van der Waals surface area contributed by atoms with E-state index >= 15 is 0 Å². The lowest BCUT2D eigenvalue weighted by atomic mass is 10.2. The van der Waals surface area contributed by atoms with E-state index in [0.29, 0.717) is 6.54 Å². The number of anilines is 1. The first-order chi connectivity index (χ1) is 7.79. The molecule has 1 aromatic rings. The molecule has 0 aliphatic heterocycles. The van der Waals surface area contributed by atoms with Gasteiger partial charge in [-0.15, -0.1) is 11.3 Å². The molecule has 5 heteroatoms. The van der Waals surface area contributed by atoms with E-state index in [0.717, 1.165) is 18.0 Å². The maximum atomic E-state index is 11.4. The summed E-state index contributed by atoms with van der Waals surface area (Å²) in [6, 6.07) is 0. The number of amides is 1. The van der Waals surface area contributed by atoms with Gasteiger partial charge in [0.05, 0.1) is 12.2 Å². The monoisotopic (exact) mass is 239 g/mol. The van der Waals surface area contributed by atoms with Crippen molar-refractivity contribution in [1.82, 2.24) is 10.3 Å². The fourth-order valence-electron chi connectivity index (χ4n) is 1.91. The van der Waals surface area contributed by atoms with Crippen molar-refractivity contribution in [3.05, 3.63) is 10.6 Å². The highest BCUT2D eigenvalue weighted by Gasteiger charge is 2.14. The maximum Gasteiger partial charge on any atom is 0.240 e. The molecule has 0 fully saturated rings. The van der Waals surface area contributed by atoms with E-state index in [1.165, 1.54) is 29.8 Å². The highest BCUT2D eigenvalue weighted by Crippen LogP contribution is 2.28. The Hall–Kier alpha value is -0.940. The van der Waals surface area contributed by atoms with Gasteiger partial charge in [0.1, 0.15) is 0 Å². The Morgan fingerprint density at radius 2 is 2.19 bits per heavy atom. The van der Waals surface area contributed by atoms with Gasteiger partial charge in [-0.05, 0) is 32.7 Å². The van der Waals surface area contributed by atoms with E-state index in [9.17, 15) is 4.79 Å². The van der Waals surface area contributed by atoms with Crippen LogP contribution in [0, 0.1) is 0 Å². The van der Waals surface area contributed by atoms with Crippen molar-refractivity contribution in [2.45, 2.75) is 32.1 Å². The molecule has 0 bridgehead atoms. The molecule has 1 amide bonds. The summed E-state index contributed by atoms with van der Waals surface area (Å²) in [5.41, 5.74) is 1.20. The van der Waals surface area contributed by atoms with Gasteiger partial charge in [0, 0.05) is 4.88 Å². The normalized spacial score (nSPS) is 15.3. The molecule has 1 heterocycles. The third-order valence-electron chi connectivity index (χ3n) is 2.68. The minimum atomic E-state index is -0.0218. The third kappa shape index (κ3) is 2.80. The molecule has 2 N–H and O–H groups in total. The second-order valence-electron chi connectivity index (χ2n) is 4.03. The van der Waals surface area contributed by atoms with Crippen molar-refractivity contribution in [1.29, 1.82) is 0 Å². The highest BCUT2D eigenvalue weighted by molar-refractivity contribution is 7.15. The van der Waals surface area contributed by atoms with Gasteiger partial charge in [-0.2, -0.15) is 0 Å². The molecule has 0 radical (unpaired) electrons. The largest absolute Gasteiger partial charge is 0.311 e. The molecule has 0 saturated heterocycles. The third-order valence-corrected chi connectivity index (χ3v) is 3.75. The lowest BCUT2D eigenvalue weighted by Crippen LogP contribution is -2.24. The van der Waals surface area contributed by atoms with Crippen molar-refractivity contribution >= 4 is 22.4 Å². The molecule has 1 aromatic heterocycles. The Morgan fingerprint density at radius 1 is 1.38 bits per heavy atom. The second-order valence-corrected chi connectivity index (χ2v) is 5.11. The standard InChI is InChI=1S/C11H17N3OS/c1-12-7-10(15)14-11-13-8-5-3-2-4-6-9(8)16-11/h12H,2-7H2,1H3,(H,13,14,15). The molecule has 16 heavy (non-hydrogen) atoms. The minimum Gasteiger partial charge on any atom is -0.311 e. The summed E-state index contributed by atoms with van der Waals surface area (Å²) in [5.74, 6) is -0.0218. The van der Waals surface area contributed by atoms with Gasteiger partial charge in [-0.3, -0.25) is 4.79 Å². The summed E-state index contributed by atoms with van der Waals surface area (Å²) in [6.45, 7) is 0.338. The summed E-state index contributed by atoms with van der Waals surface area (Å²) >= 11 is 1.63. The Balaban J connectivity index is 2.03. The van der Waals surface area contributed by atoms with Gasteiger partial charge >= 0.3 is 0 Å². The van der Waals surface area contributed by atoms with Gasteiger partial charge in [-0.1, -0.05) is 6.42 Å². The maximum absolute atomic E-state index is 11.4. The summed E-state index contributed by atoms with van der Waals surface area (Å²) in [5, 5.41) is 6.41. The van der Waals surface area contributed by atoms with Gasteiger partial charge in [0.15, 0.2) is 5.13 Å². The van der Waals surface area contributed by atoms with E-state index < -0.39 is 0 Å². The van der Waals surface area contributed by atoms with Gasteiger partial charge in [0.2, 0.25) is 5.91 Å². The van der Waals surface area contributed by atoms with Crippen LogP contribution in [0.2, 0.25) is 0 Å². The molecule has 0 atom stereocenters. The number of aromatic nitrogens is 1. The lowest BCUT2D eigenvalue weighted by Gasteiger charge is -1.99. The quantitative estimate of drug-likeness (QED) is 0.787. The van der Waals surface area contributed by atoms with Crippen LogP contribution in [-0.2, 0) is 17.6 Å². The molecular formula is C11H17N3OS. The van der Waals surface area contributed by atoms with Crippen LogP contribution >= 0.6 is 11.3 Å². The van der Waals surface area contributed by atoms with E-state index in [-0.39, 0.29) is 5.91 Å². The van der Waals surface area contributed by atoms with Crippen molar-refractivity contribution in [2.75, 3.05) is 18.9 Å². The predicted molar refractivity (Wildman–Crippen MR) is 65.9 cm³/mol. The minimum absolute atomic E-state index is 0.0218. The van der Waals surface area contributed by atoms with Crippen LogP contribution in [0.15, 0.2) is 0 Å². The van der Waals surface area contributed by atoms with Gasteiger partial charge in [-0.25, -0.2) is 4.98 Å². The molecule has 1 aliphatic rings. The first-order valence-corrected chi connectivity index (χ1v) is 6.54. The number of aryl methyl sites for hydroxylation is 2. The number of nitrogens with zero attached hydrogens (tertiary/aromatic N) is 1. The number of hydrogen-bond acceptors (Lipinski definition) is 4. The van der Waals surface area contributed by atoms with E-state index in [4.69, 9.17) is 0 Å². The average Bonchev–Trinajstić information content (AvgIpc) is 2.48. The summed E-state index contributed by atoms with van der Waals surface area (Å²) < 4.78 is 0. The predicted octanol–water partition coefficient (Wildman–Crippen LogP) is 1.57. The number of rotatable bonds is 3. The van der Waals surface area contributed by atoms with Gasteiger partial charge in [0.25, 0.3) is 0 Å². The first kappa shape index (κ1) is 11.5. The van der Waals surface area contributed by atoms with Crippen LogP contribution < -0.4 is 10.6 Å². The molecule has 2 rings (SSSR count). The fraction of sp³-hybridized carbons (Fsp3) is 0.636. The van der Waals surface area contributed by atoms with Crippen molar-refractivity contribution in [3.8, 4) is 0 Å². The zero-order valence-electron chi connectivity index (χ0n) is 9.51. The summed E-state index contributed by atoms with van der Waals surface area (Å²) in [6.07, 6.45) is 5.95. The number of likely N-dealkylation sites (N-methyl/N-ethyl adjacent to an activating group) is 1. The van der Waals surface area contributed by atoms with Gasteiger partial charge < -0.3 is 10.6 Å². The molecule has 0 aromatic carbocycles. The number of carbonyl (C=O) groups is 1. The zero-order valence-corrected chi connectivity index (χ0v) is 10.3. The number of carbonyl (C=O) groups excluding carboxylic acids is 1. The Kier molecular flexibility index (Phi) is 3.90. The van der Waals surface area contributed by atoms with E-state index in [1.807, 2.05) is 0 Å². The molecule has 1 aliphatic carbocycles. The molecule has 0 saturated carbocycles. The number of nitrogens with one attached hydrogen (secondary N) is 2. The zero-order chi connectivity index (χ0) is 11.4. The van der Waals surface area contributed by atoms with Crippen molar-refractivity contribution in [2.24, 2.45) is 0 Å². The topological polar surface area (TPSA) is 54.0 Å². The van der Waals surface area contributed by atoms with Crippen molar-refractivity contribution in [3.63, 3.8) is 0 Å². The average molecular weight is 239 g/mol. The molecular weight excluding hydrogens is 222 g/mol. The highest BCUT2D eigenvalue weighted by atomic mass is 32.1. The Bertz CT molecular complexity index is 352. The van der Waals surface area contributed by atoms with Crippen LogP contribution in [0.4, 0.5) is 5.13 Å². The molecule has 4 nitrogen and oxygen atoms in total. The number of hydrogen-bond donors (Lipinski definition) is 2. The van der Waals surface area contributed by atoms with Crippen LogP contribution in [0.5, 0.6) is 0 Å². The Morgan fingerprint density at radius 3 is 3.00 bits per heavy atom. The van der Waals surface area contributed by atoms with Crippen LogP contribution in [0.25, 0.3) is 0 Å². The molecule has 0 spiro atoms. The van der Waals surface area contributed by atoms with Crippen LogP contribution in [0.1, 0.15) is 29.8 Å². The second kappa shape index (κ2) is 5.41. The first-order valence-electron chi connectivity index (χ1n) is 5.72. The number of thiazole rings is 1. The molecule has 88 valence electrons. The summed E-state index contributed by atoms with van der Waals surface area (Å²) in [7, 11) is 1.76. The summed E-state index contributed by atoms with van der Waals surface area (Å²) in [4.78, 5) is 17.2. The fourth-order valence-corrected chi connectivity index (χ4v) is 2.97. The smallest absolute Gasteiger partial charge is 0.240 e. The van der Waals surface area contributed by atoms with E-state index in [1.54, 1.807) is 18.4 Å². The van der Waals surface area contributed by atoms with Crippen LogP contribution in [-0.4, -0.2) is 24.5 Å². The number of fused-ring (bicyclic) bond motifs is 1. The van der Waals surface area contributed by atoms with E-state index in [2.05, 4.69) is 15.6 Å². The molecule has 0 unspecified atom stereocenters. The SMILES string of the molecule is CNCC(=O)Nc1nc2c(s1)CCCCC2. The van der Waals surface area contributed by atoms with Crippen LogP contribution in [0.3, 0.4) is 0 Å². The lowest BCUT2D eigenvalue weighted by molar-refractivity contribution is -0.115. The van der Waals surface area contributed by atoms with Crippen molar-refractivity contribution < 1.29 is 4.79 Å². The Labute approximate surface area is 99.5 Å².